The average molecular weight is 498 g/mol. The number of nitrogens with one attached hydrogen (secondary N) is 1. The Labute approximate surface area is 206 Å². The van der Waals surface area contributed by atoms with Crippen molar-refractivity contribution in [2.45, 2.75) is 74.3 Å². The summed E-state index contributed by atoms with van der Waals surface area (Å²) >= 11 is 0. The molecule has 0 fully saturated rings. The summed E-state index contributed by atoms with van der Waals surface area (Å²) in [4.78, 5) is 0. The summed E-state index contributed by atoms with van der Waals surface area (Å²) in [5, 5.41) is 1.50. The van der Waals surface area contributed by atoms with Crippen LogP contribution in [-0.2, 0) is 0 Å². The fraction of sp³-hybridized carbons (Fsp3) is 0.556. The number of rotatable bonds is 6. The van der Waals surface area contributed by atoms with Gasteiger partial charge < -0.3 is 13.8 Å². The van der Waals surface area contributed by atoms with Gasteiger partial charge in [-0.25, -0.2) is 0 Å². The third kappa shape index (κ3) is 5.34. The quantitative estimate of drug-likeness (QED) is 0.462. The van der Waals surface area contributed by atoms with Gasteiger partial charge in [-0.3, -0.25) is 0 Å². The van der Waals surface area contributed by atoms with E-state index in [2.05, 4.69) is 143 Å². The summed E-state index contributed by atoms with van der Waals surface area (Å²) in [6, 6.07) is 20.5. The molecule has 0 radical (unpaired) electrons. The predicted octanol–water partition coefficient (Wildman–Crippen LogP) is 6.46. The SMILES string of the molecule is CC(C)(C)CN1c2ccccc2N(CC(C)(C)C)[Si]1(N[Si](C)(C)c1ccccc1)[Si](C)(C)C. The molecule has 0 saturated carbocycles. The minimum absolute atomic E-state index is 0.211. The van der Waals surface area contributed by atoms with Crippen LogP contribution in [0.1, 0.15) is 41.5 Å². The van der Waals surface area contributed by atoms with Crippen LogP contribution in [0.5, 0.6) is 0 Å². The van der Waals surface area contributed by atoms with Gasteiger partial charge in [-0.05, 0) is 28.1 Å². The smallest absolute Gasteiger partial charge is 0.317 e. The van der Waals surface area contributed by atoms with Gasteiger partial charge in [-0.1, -0.05) is 117 Å². The van der Waals surface area contributed by atoms with Crippen LogP contribution in [0.3, 0.4) is 0 Å². The summed E-state index contributed by atoms with van der Waals surface area (Å²) in [5.74, 6) is 0. The zero-order valence-electron chi connectivity index (χ0n) is 23.0. The van der Waals surface area contributed by atoms with Gasteiger partial charge in [0.2, 0.25) is 0 Å². The van der Waals surface area contributed by atoms with E-state index in [9.17, 15) is 0 Å². The summed E-state index contributed by atoms with van der Waals surface area (Å²) in [6.45, 7) is 29.4. The predicted molar refractivity (Wildman–Crippen MR) is 156 cm³/mol. The Morgan fingerprint density at radius 1 is 0.667 bits per heavy atom. The van der Waals surface area contributed by atoms with Gasteiger partial charge in [-0.15, -0.1) is 0 Å². The maximum absolute atomic E-state index is 4.61. The maximum Gasteiger partial charge on any atom is 0.317 e. The van der Waals surface area contributed by atoms with Gasteiger partial charge in [0.15, 0.2) is 0 Å². The zero-order valence-corrected chi connectivity index (χ0v) is 26.0. The second-order valence-corrected chi connectivity index (χ2v) is 32.2. The van der Waals surface area contributed by atoms with Crippen molar-refractivity contribution in [3.63, 3.8) is 0 Å². The van der Waals surface area contributed by atoms with Gasteiger partial charge >= 0.3 is 8.08 Å². The van der Waals surface area contributed by atoms with Crippen LogP contribution in [0.15, 0.2) is 54.6 Å². The number of anilines is 2. The molecule has 0 aromatic heterocycles. The molecule has 1 aliphatic rings. The molecule has 1 N–H and O–H groups in total. The molecular weight excluding hydrogens is 451 g/mol. The van der Waals surface area contributed by atoms with E-state index in [0.29, 0.717) is 0 Å². The molecule has 3 rings (SSSR count). The minimum atomic E-state index is -2.32. The second-order valence-electron chi connectivity index (χ2n) is 13.8. The van der Waals surface area contributed by atoms with E-state index in [1.54, 1.807) is 0 Å². The van der Waals surface area contributed by atoms with Crippen LogP contribution in [0.2, 0.25) is 32.7 Å². The highest BCUT2D eigenvalue weighted by Crippen LogP contribution is 2.47. The van der Waals surface area contributed by atoms with Gasteiger partial charge in [-0.2, -0.15) is 0 Å². The van der Waals surface area contributed by atoms with Crippen LogP contribution in [-0.4, -0.2) is 37.0 Å². The van der Waals surface area contributed by atoms with Crippen LogP contribution >= 0.6 is 0 Å². The summed E-state index contributed by atoms with van der Waals surface area (Å²) in [7, 11) is -5.98. The summed E-state index contributed by atoms with van der Waals surface area (Å²) < 4.78 is 10.4. The van der Waals surface area contributed by atoms with Crippen molar-refractivity contribution < 1.29 is 0 Å². The van der Waals surface area contributed by atoms with Crippen LogP contribution < -0.4 is 19.0 Å². The van der Waals surface area contributed by atoms with Crippen molar-refractivity contribution in [1.82, 2.24) is 4.65 Å². The van der Waals surface area contributed by atoms with E-state index >= 15 is 0 Å². The Morgan fingerprint density at radius 2 is 1.06 bits per heavy atom. The zero-order chi connectivity index (χ0) is 24.9. The molecule has 2 aromatic rings. The number of para-hydroxylation sites is 2. The highest BCUT2D eigenvalue weighted by Gasteiger charge is 2.63. The highest BCUT2D eigenvalue weighted by atomic mass is 29.3. The van der Waals surface area contributed by atoms with Crippen molar-refractivity contribution in [2.75, 3.05) is 22.2 Å². The molecular formula is C27H47N3Si3. The number of hydrogen-bond donors (Lipinski definition) is 1. The lowest BCUT2D eigenvalue weighted by atomic mass is 9.96. The first kappa shape index (κ1) is 26.3. The first-order valence-electron chi connectivity index (χ1n) is 12.5. The third-order valence-corrected chi connectivity index (χ3v) is 25.7. The van der Waals surface area contributed by atoms with Crippen LogP contribution in [0, 0.1) is 10.8 Å². The Kier molecular flexibility index (Phi) is 6.92. The molecule has 6 heteroatoms. The summed E-state index contributed by atoms with van der Waals surface area (Å²) in [6.07, 6.45) is 0. The summed E-state index contributed by atoms with van der Waals surface area (Å²) in [5.41, 5.74) is 3.30. The minimum Gasteiger partial charge on any atom is -0.370 e. The Bertz CT molecular complexity index is 910. The van der Waals surface area contributed by atoms with Crippen LogP contribution in [0.25, 0.3) is 0 Å². The molecule has 0 unspecified atom stereocenters. The van der Waals surface area contributed by atoms with E-state index in [4.69, 9.17) is 0 Å². The van der Waals surface area contributed by atoms with E-state index < -0.39 is 23.9 Å². The number of benzene rings is 2. The lowest BCUT2D eigenvalue weighted by Crippen LogP contribution is -2.89. The molecule has 182 valence electrons. The Hall–Kier alpha value is -1.35. The topological polar surface area (TPSA) is 18.5 Å². The Morgan fingerprint density at radius 3 is 1.42 bits per heavy atom. The second kappa shape index (κ2) is 8.70. The normalized spacial score (nSPS) is 16.8. The van der Waals surface area contributed by atoms with Gasteiger partial charge in [0, 0.05) is 13.1 Å². The van der Waals surface area contributed by atoms with Crippen molar-refractivity contribution >= 4 is 40.5 Å². The molecule has 3 nitrogen and oxygen atoms in total. The van der Waals surface area contributed by atoms with E-state index in [1.807, 2.05) is 0 Å². The highest BCUT2D eigenvalue weighted by molar-refractivity contribution is 7.45. The standard InChI is InChI=1S/C27H47N3Si3/c1-26(2,3)21-29-24-19-15-16-20-25(24)30(22-27(4,5)6)33(29,31(7,8)9)28-32(10,11)23-17-13-12-14-18-23/h12-20,28H,21-22H2,1-11H3. The lowest BCUT2D eigenvalue weighted by molar-refractivity contribution is 0.422. The molecule has 0 bridgehead atoms. The maximum atomic E-state index is 4.61. The lowest BCUT2D eigenvalue weighted by Gasteiger charge is -2.55. The van der Waals surface area contributed by atoms with E-state index in [-0.39, 0.29) is 10.8 Å². The van der Waals surface area contributed by atoms with E-state index in [0.717, 1.165) is 13.1 Å². The number of fused-ring (bicyclic) bond motifs is 1. The van der Waals surface area contributed by atoms with Gasteiger partial charge in [0.1, 0.15) is 15.8 Å². The first-order valence-corrected chi connectivity index (χ1v) is 21.9. The fourth-order valence-electron chi connectivity index (χ4n) is 5.26. The molecule has 2 aromatic carbocycles. The van der Waals surface area contributed by atoms with Crippen molar-refractivity contribution in [3.8, 4) is 0 Å². The van der Waals surface area contributed by atoms with Crippen molar-refractivity contribution in [1.29, 1.82) is 0 Å². The monoisotopic (exact) mass is 497 g/mol. The molecule has 0 saturated heterocycles. The molecule has 1 aliphatic heterocycles. The molecule has 0 amide bonds. The average Bonchev–Trinajstić information content (AvgIpc) is 2.90. The van der Waals surface area contributed by atoms with Gasteiger partial charge in [0.05, 0.1) is 11.4 Å². The number of nitrogens with zero attached hydrogens (tertiary/aromatic N) is 2. The third-order valence-electron chi connectivity index (χ3n) is 6.54. The van der Waals surface area contributed by atoms with Crippen LogP contribution in [0.4, 0.5) is 11.4 Å². The van der Waals surface area contributed by atoms with E-state index in [1.165, 1.54) is 16.6 Å². The van der Waals surface area contributed by atoms with Crippen molar-refractivity contribution in [3.05, 3.63) is 54.6 Å². The molecule has 0 atom stereocenters. The van der Waals surface area contributed by atoms with Gasteiger partial charge in [0.25, 0.3) is 0 Å². The first-order chi connectivity index (χ1) is 15.0. The molecule has 33 heavy (non-hydrogen) atoms. The molecule has 0 spiro atoms. The Balaban J connectivity index is 2.30. The fourth-order valence-corrected chi connectivity index (χ4v) is 29.6. The molecule has 1 heterocycles. The largest absolute Gasteiger partial charge is 0.370 e. The molecule has 0 aliphatic carbocycles. The van der Waals surface area contributed by atoms with Crippen molar-refractivity contribution in [2.24, 2.45) is 10.8 Å². The number of hydrogen-bond acceptors (Lipinski definition) is 3.